The predicted octanol–water partition coefficient (Wildman–Crippen LogP) is 0.0487. The molecule has 124 valence electrons. The van der Waals surface area contributed by atoms with E-state index in [1.165, 1.54) is 38.5 Å². The largest absolute Gasteiger partial charge is 1.00 e. The van der Waals surface area contributed by atoms with Crippen molar-refractivity contribution >= 4 is 0 Å². The van der Waals surface area contributed by atoms with Crippen LogP contribution in [0.25, 0.3) is 0 Å². The van der Waals surface area contributed by atoms with Crippen molar-refractivity contribution in [2.75, 3.05) is 0 Å². The molecule has 0 heterocycles. The first kappa shape index (κ1) is 20.5. The van der Waals surface area contributed by atoms with Crippen LogP contribution in [-0.4, -0.2) is 0 Å². The summed E-state index contributed by atoms with van der Waals surface area (Å²) in [5, 5.41) is 0. The van der Waals surface area contributed by atoms with Crippen molar-refractivity contribution in [2.24, 2.45) is 11.8 Å². The summed E-state index contributed by atoms with van der Waals surface area (Å²) in [4.78, 5) is 0. The fourth-order valence-electron chi connectivity index (χ4n) is 4.43. The van der Waals surface area contributed by atoms with E-state index in [4.69, 9.17) is 0 Å². The van der Waals surface area contributed by atoms with E-state index in [0.717, 1.165) is 19.1 Å². The molecule has 0 bridgehead atoms. The summed E-state index contributed by atoms with van der Waals surface area (Å²) in [6.07, 6.45) is 23.0. The fraction of sp³-hybridized carbons (Fsp3) is 0.500. The SMILES string of the molecule is C1=CCC2CC[CH]([Zr+2][CH]3CCC4CC=CC=C43)C2=C1.C=C.[F-].[F-]. The Morgan fingerprint density at radius 2 is 1.17 bits per heavy atom. The molecule has 0 radical (unpaired) electrons. The van der Waals surface area contributed by atoms with Gasteiger partial charge in [-0.15, -0.1) is 13.2 Å². The van der Waals surface area contributed by atoms with Crippen LogP contribution in [0, 0.1) is 11.8 Å². The van der Waals surface area contributed by atoms with E-state index >= 15 is 0 Å². The molecule has 0 aromatic rings. The third-order valence-electron chi connectivity index (χ3n) is 5.45. The molecule has 4 unspecified atom stereocenters. The molecule has 0 aromatic carbocycles. The fourth-order valence-corrected chi connectivity index (χ4v) is 9.84. The first-order valence-electron chi connectivity index (χ1n) is 8.41. The van der Waals surface area contributed by atoms with Crippen molar-refractivity contribution in [3.63, 3.8) is 0 Å². The van der Waals surface area contributed by atoms with Gasteiger partial charge >= 0.3 is 128 Å². The van der Waals surface area contributed by atoms with Gasteiger partial charge in [0.1, 0.15) is 0 Å². The van der Waals surface area contributed by atoms with E-state index in [1.54, 1.807) is 0 Å². The average molecular weight is 396 g/mol. The van der Waals surface area contributed by atoms with Crippen LogP contribution >= 0.6 is 0 Å². The van der Waals surface area contributed by atoms with Crippen molar-refractivity contribution in [3.8, 4) is 0 Å². The molecule has 0 N–H and O–H groups in total. The van der Waals surface area contributed by atoms with Crippen molar-refractivity contribution in [1.29, 1.82) is 0 Å². The molecule has 4 aliphatic carbocycles. The Hall–Kier alpha value is -0.557. The van der Waals surface area contributed by atoms with E-state index in [0.29, 0.717) is 0 Å². The zero-order valence-electron chi connectivity index (χ0n) is 13.7. The first-order valence-corrected chi connectivity index (χ1v) is 11.2. The first-order chi connectivity index (χ1) is 10.4. The molecule has 4 aliphatic rings. The molecule has 4 rings (SSSR count). The van der Waals surface area contributed by atoms with E-state index in [9.17, 15) is 0 Å². The van der Waals surface area contributed by atoms with Crippen LogP contribution in [-0.2, 0) is 23.2 Å². The standard InChI is InChI=1S/2C9H11.C2H4.2FH.Zr/c2*1-2-5-9-7-3-6-8(9)4-1;1-2;;;/h2*1-2,4,6,9H,3,5,7H2;1-2H2;2*1H;/q;;;;;+2/p-2. The minimum atomic E-state index is -0.287. The second-order valence-corrected chi connectivity index (χ2v) is 10.7. The summed E-state index contributed by atoms with van der Waals surface area (Å²) in [6.45, 7) is 6.00. The van der Waals surface area contributed by atoms with Crippen molar-refractivity contribution in [1.82, 2.24) is 0 Å². The van der Waals surface area contributed by atoms with Gasteiger partial charge in [0, 0.05) is 0 Å². The van der Waals surface area contributed by atoms with Gasteiger partial charge in [-0.05, 0) is 0 Å². The Labute approximate surface area is 150 Å². The Balaban J connectivity index is 0.000000638. The maximum Gasteiger partial charge on any atom is -0.106 e. The quantitative estimate of drug-likeness (QED) is 0.580. The third kappa shape index (κ3) is 4.30. The van der Waals surface area contributed by atoms with Crippen molar-refractivity contribution in [2.45, 2.75) is 45.8 Å². The number of allylic oxidation sites excluding steroid dienone is 8. The van der Waals surface area contributed by atoms with Gasteiger partial charge in [-0.25, -0.2) is 0 Å². The van der Waals surface area contributed by atoms with Gasteiger partial charge in [0.15, 0.2) is 0 Å². The molecule has 2 fully saturated rings. The molecule has 0 amide bonds. The summed E-state index contributed by atoms with van der Waals surface area (Å²) in [7, 11) is 0. The molecule has 0 saturated heterocycles. The number of hydrogen-bond donors (Lipinski definition) is 0. The van der Waals surface area contributed by atoms with E-state index in [2.05, 4.69) is 49.6 Å². The molecule has 2 saturated carbocycles. The van der Waals surface area contributed by atoms with Gasteiger partial charge < -0.3 is 9.41 Å². The van der Waals surface area contributed by atoms with Gasteiger partial charge in [-0.1, -0.05) is 0 Å². The van der Waals surface area contributed by atoms with Crippen LogP contribution in [0.3, 0.4) is 0 Å². The minimum Gasteiger partial charge on any atom is -1.00 e. The zero-order chi connectivity index (χ0) is 14.7. The number of halogens is 2. The summed E-state index contributed by atoms with van der Waals surface area (Å²) < 4.78 is 2.13. The molecule has 0 spiro atoms. The topological polar surface area (TPSA) is 0 Å². The molecule has 3 heteroatoms. The summed E-state index contributed by atoms with van der Waals surface area (Å²) in [5.74, 6) is 1.88. The van der Waals surface area contributed by atoms with E-state index in [1.807, 2.05) is 11.1 Å². The predicted molar refractivity (Wildman–Crippen MR) is 87.9 cm³/mol. The zero-order valence-corrected chi connectivity index (χ0v) is 16.1. The van der Waals surface area contributed by atoms with Gasteiger partial charge in [0.2, 0.25) is 0 Å². The van der Waals surface area contributed by atoms with Gasteiger partial charge in [0.05, 0.1) is 0 Å². The van der Waals surface area contributed by atoms with Gasteiger partial charge in [0.25, 0.3) is 0 Å². The second-order valence-electron chi connectivity index (χ2n) is 6.48. The van der Waals surface area contributed by atoms with Crippen molar-refractivity contribution in [3.05, 3.63) is 60.8 Å². The number of hydrogen-bond acceptors (Lipinski definition) is 0. The Morgan fingerprint density at radius 1 is 0.739 bits per heavy atom. The van der Waals surface area contributed by atoms with Gasteiger partial charge in [-0.3, -0.25) is 0 Å². The smallest absolute Gasteiger partial charge is 0.106 e. The summed E-state index contributed by atoms with van der Waals surface area (Å²) in [5.41, 5.74) is 3.73. The maximum atomic E-state index is 3.00. The van der Waals surface area contributed by atoms with Crippen LogP contribution in [0.1, 0.15) is 38.5 Å². The van der Waals surface area contributed by atoms with Crippen molar-refractivity contribution < 1.29 is 32.6 Å². The molecular formula is C20H26F2Zr. The van der Waals surface area contributed by atoms with Gasteiger partial charge in [-0.2, -0.15) is 0 Å². The van der Waals surface area contributed by atoms with Crippen LogP contribution in [0.15, 0.2) is 60.8 Å². The Morgan fingerprint density at radius 3 is 1.61 bits per heavy atom. The number of fused-ring (bicyclic) bond motifs is 2. The van der Waals surface area contributed by atoms with E-state index in [-0.39, 0.29) is 32.6 Å². The Bertz CT molecular complexity index is 460. The molecule has 0 aliphatic heterocycles. The monoisotopic (exact) mass is 394 g/mol. The third-order valence-corrected chi connectivity index (χ3v) is 10.5. The maximum absolute atomic E-state index is 3.00. The summed E-state index contributed by atoms with van der Waals surface area (Å²) in [6, 6.07) is 0. The second kappa shape index (κ2) is 9.67. The number of rotatable bonds is 2. The summed E-state index contributed by atoms with van der Waals surface area (Å²) >= 11 is -0.287. The average Bonchev–Trinajstić information content (AvgIpc) is 3.15. The van der Waals surface area contributed by atoms with E-state index < -0.39 is 0 Å². The molecule has 0 nitrogen and oxygen atoms in total. The van der Waals surface area contributed by atoms with Crippen LogP contribution < -0.4 is 9.41 Å². The molecule has 23 heavy (non-hydrogen) atoms. The molecule has 4 atom stereocenters. The normalized spacial score (nSPS) is 32.7. The molecular weight excluding hydrogens is 369 g/mol. The van der Waals surface area contributed by atoms with Crippen LogP contribution in [0.2, 0.25) is 7.25 Å². The minimum absolute atomic E-state index is 0. The molecule has 0 aromatic heterocycles. The van der Waals surface area contributed by atoms with Crippen LogP contribution in [0.5, 0.6) is 0 Å². The van der Waals surface area contributed by atoms with Crippen LogP contribution in [0.4, 0.5) is 0 Å². The Kier molecular flexibility index (Phi) is 8.61.